The summed E-state index contributed by atoms with van der Waals surface area (Å²) in [6.07, 6.45) is 2.45. The molecule has 1 aliphatic rings. The average Bonchev–Trinajstić information content (AvgIpc) is 3.01. The van der Waals surface area contributed by atoms with Crippen LogP contribution in [0.4, 0.5) is 5.69 Å². The lowest BCUT2D eigenvalue weighted by atomic mass is 10.0. The van der Waals surface area contributed by atoms with Crippen LogP contribution in [0, 0.1) is 11.3 Å². The summed E-state index contributed by atoms with van der Waals surface area (Å²) in [6.45, 7) is 2.12. The van der Waals surface area contributed by atoms with Gasteiger partial charge in [0.05, 0.1) is 11.3 Å². The van der Waals surface area contributed by atoms with Crippen molar-refractivity contribution < 1.29 is 0 Å². The van der Waals surface area contributed by atoms with Crippen molar-refractivity contribution in [2.45, 2.75) is 12.8 Å². The Morgan fingerprint density at radius 3 is 2.32 bits per heavy atom. The topological polar surface area (TPSA) is 27.0 Å². The monoisotopic (exact) mass is 248 g/mol. The summed E-state index contributed by atoms with van der Waals surface area (Å²) in [5.74, 6) is 0. The molecule has 0 saturated carbocycles. The van der Waals surface area contributed by atoms with Crippen molar-refractivity contribution in [2.24, 2.45) is 0 Å². The van der Waals surface area contributed by atoms with Gasteiger partial charge < -0.3 is 4.90 Å². The van der Waals surface area contributed by atoms with Crippen LogP contribution in [0.2, 0.25) is 0 Å². The van der Waals surface area contributed by atoms with E-state index in [4.69, 9.17) is 0 Å². The highest BCUT2D eigenvalue weighted by Gasteiger charge is 2.16. The van der Waals surface area contributed by atoms with Gasteiger partial charge in [0.15, 0.2) is 0 Å². The molecule has 19 heavy (non-hydrogen) atoms. The molecule has 0 aliphatic carbocycles. The number of benzene rings is 2. The standard InChI is InChI=1S/C17H16N2/c18-13-16-9-8-15(14-6-2-1-3-7-14)12-17(16)19-10-4-5-11-19/h1-3,6-9,12H,4-5,10-11H2. The Labute approximate surface area is 113 Å². The predicted molar refractivity (Wildman–Crippen MR) is 78.0 cm³/mol. The Kier molecular flexibility index (Phi) is 3.20. The third-order valence-electron chi connectivity index (χ3n) is 3.67. The van der Waals surface area contributed by atoms with Gasteiger partial charge in [0.25, 0.3) is 0 Å². The van der Waals surface area contributed by atoms with Crippen LogP contribution in [0.15, 0.2) is 48.5 Å². The zero-order valence-corrected chi connectivity index (χ0v) is 10.8. The Bertz CT molecular complexity index is 605. The van der Waals surface area contributed by atoms with Gasteiger partial charge in [0.1, 0.15) is 6.07 Å². The van der Waals surface area contributed by atoms with Crippen molar-refractivity contribution in [2.75, 3.05) is 18.0 Å². The van der Waals surface area contributed by atoms with E-state index in [1.165, 1.54) is 24.0 Å². The lowest BCUT2D eigenvalue weighted by molar-refractivity contribution is 0.949. The average molecular weight is 248 g/mol. The Hall–Kier alpha value is -2.27. The molecule has 1 aliphatic heterocycles. The van der Waals surface area contributed by atoms with Crippen LogP contribution >= 0.6 is 0 Å². The second kappa shape index (κ2) is 5.16. The first-order valence-electron chi connectivity index (χ1n) is 6.73. The number of hydrogen-bond acceptors (Lipinski definition) is 2. The maximum absolute atomic E-state index is 9.26. The summed E-state index contributed by atoms with van der Waals surface area (Å²) in [6, 6.07) is 18.8. The van der Waals surface area contributed by atoms with Crippen LogP contribution in [0.3, 0.4) is 0 Å². The molecule has 0 radical (unpaired) electrons. The van der Waals surface area contributed by atoms with Gasteiger partial charge in [-0.25, -0.2) is 0 Å². The van der Waals surface area contributed by atoms with Gasteiger partial charge >= 0.3 is 0 Å². The molecule has 2 heteroatoms. The van der Waals surface area contributed by atoms with Crippen molar-refractivity contribution in [1.29, 1.82) is 5.26 Å². The number of hydrogen-bond donors (Lipinski definition) is 0. The fourth-order valence-corrected chi connectivity index (χ4v) is 2.66. The Morgan fingerprint density at radius 1 is 0.895 bits per heavy atom. The second-order valence-electron chi connectivity index (χ2n) is 4.90. The van der Waals surface area contributed by atoms with Crippen LogP contribution in [0.1, 0.15) is 18.4 Å². The normalized spacial score (nSPS) is 14.4. The second-order valence-corrected chi connectivity index (χ2v) is 4.90. The van der Waals surface area contributed by atoms with Gasteiger partial charge in [-0.05, 0) is 36.1 Å². The fraction of sp³-hybridized carbons (Fsp3) is 0.235. The molecule has 0 bridgehead atoms. The minimum Gasteiger partial charge on any atom is -0.370 e. The zero-order valence-electron chi connectivity index (χ0n) is 10.8. The first-order chi connectivity index (χ1) is 9.38. The number of anilines is 1. The van der Waals surface area contributed by atoms with E-state index >= 15 is 0 Å². The van der Waals surface area contributed by atoms with Crippen LogP contribution in [0.5, 0.6) is 0 Å². The highest BCUT2D eigenvalue weighted by Crippen LogP contribution is 2.29. The summed E-state index contributed by atoms with van der Waals surface area (Å²) in [4.78, 5) is 2.32. The molecule has 0 unspecified atom stereocenters. The highest BCUT2D eigenvalue weighted by molar-refractivity contribution is 5.72. The fourth-order valence-electron chi connectivity index (χ4n) is 2.66. The molecule has 1 saturated heterocycles. The van der Waals surface area contributed by atoms with Gasteiger partial charge in [-0.15, -0.1) is 0 Å². The van der Waals surface area contributed by atoms with Crippen LogP contribution in [0.25, 0.3) is 11.1 Å². The summed E-state index contributed by atoms with van der Waals surface area (Å²) >= 11 is 0. The largest absolute Gasteiger partial charge is 0.370 e. The van der Waals surface area contributed by atoms with Gasteiger partial charge in [0.2, 0.25) is 0 Å². The predicted octanol–water partition coefficient (Wildman–Crippen LogP) is 3.83. The van der Waals surface area contributed by atoms with Crippen molar-refractivity contribution in [1.82, 2.24) is 0 Å². The van der Waals surface area contributed by atoms with Crippen molar-refractivity contribution in [3.05, 3.63) is 54.1 Å². The maximum Gasteiger partial charge on any atom is 0.101 e. The third-order valence-corrected chi connectivity index (χ3v) is 3.67. The van der Waals surface area contributed by atoms with E-state index in [0.29, 0.717) is 0 Å². The Morgan fingerprint density at radius 2 is 1.63 bits per heavy atom. The lowest BCUT2D eigenvalue weighted by Crippen LogP contribution is -2.18. The van der Waals surface area contributed by atoms with E-state index in [1.807, 2.05) is 30.3 Å². The van der Waals surface area contributed by atoms with Gasteiger partial charge in [-0.1, -0.05) is 36.4 Å². The van der Waals surface area contributed by atoms with Crippen LogP contribution in [-0.2, 0) is 0 Å². The van der Waals surface area contributed by atoms with Crippen molar-refractivity contribution >= 4 is 5.69 Å². The van der Waals surface area contributed by atoms with E-state index in [9.17, 15) is 5.26 Å². The third kappa shape index (κ3) is 2.32. The summed E-state index contributed by atoms with van der Waals surface area (Å²) in [5.41, 5.74) is 4.25. The molecular formula is C17H16N2. The SMILES string of the molecule is N#Cc1ccc(-c2ccccc2)cc1N1CCCC1. The first kappa shape index (κ1) is 11.8. The van der Waals surface area contributed by atoms with E-state index < -0.39 is 0 Å². The molecule has 0 amide bonds. The number of nitrogens with zero attached hydrogens (tertiary/aromatic N) is 2. The molecule has 2 aromatic rings. The smallest absolute Gasteiger partial charge is 0.101 e. The summed E-state index contributed by atoms with van der Waals surface area (Å²) in [7, 11) is 0. The van der Waals surface area contributed by atoms with E-state index in [2.05, 4.69) is 29.2 Å². The highest BCUT2D eigenvalue weighted by atomic mass is 15.1. The van der Waals surface area contributed by atoms with Gasteiger partial charge in [-0.3, -0.25) is 0 Å². The quantitative estimate of drug-likeness (QED) is 0.807. The summed E-state index contributed by atoms with van der Waals surface area (Å²) in [5, 5.41) is 9.26. The maximum atomic E-state index is 9.26. The van der Waals surface area contributed by atoms with E-state index in [0.717, 1.165) is 24.3 Å². The number of nitriles is 1. The van der Waals surface area contributed by atoms with Gasteiger partial charge in [0, 0.05) is 13.1 Å². The molecule has 1 fully saturated rings. The van der Waals surface area contributed by atoms with Crippen molar-refractivity contribution in [3.8, 4) is 17.2 Å². The molecule has 1 heterocycles. The lowest BCUT2D eigenvalue weighted by Gasteiger charge is -2.20. The van der Waals surface area contributed by atoms with Crippen LogP contribution < -0.4 is 4.90 Å². The van der Waals surface area contributed by atoms with E-state index in [-0.39, 0.29) is 0 Å². The molecule has 2 aromatic carbocycles. The zero-order chi connectivity index (χ0) is 13.1. The molecular weight excluding hydrogens is 232 g/mol. The van der Waals surface area contributed by atoms with Crippen LogP contribution in [-0.4, -0.2) is 13.1 Å². The van der Waals surface area contributed by atoms with Gasteiger partial charge in [-0.2, -0.15) is 5.26 Å². The minimum absolute atomic E-state index is 0.779. The molecule has 2 nitrogen and oxygen atoms in total. The molecule has 0 N–H and O–H groups in total. The first-order valence-corrected chi connectivity index (χ1v) is 6.73. The van der Waals surface area contributed by atoms with E-state index in [1.54, 1.807) is 0 Å². The molecule has 0 atom stereocenters. The molecule has 3 rings (SSSR count). The minimum atomic E-state index is 0.779. The molecule has 0 aromatic heterocycles. The Balaban J connectivity index is 2.05. The molecule has 0 spiro atoms. The number of rotatable bonds is 2. The molecule has 94 valence electrons. The van der Waals surface area contributed by atoms with Crippen molar-refractivity contribution in [3.63, 3.8) is 0 Å². The summed E-state index contributed by atoms with van der Waals surface area (Å²) < 4.78 is 0.